The van der Waals surface area contributed by atoms with Crippen LogP contribution in [-0.4, -0.2) is 12.1 Å². The summed E-state index contributed by atoms with van der Waals surface area (Å²) in [6, 6.07) is 11.8. The molecule has 1 heterocycles. The number of aromatic nitrogens is 1. The Morgan fingerprint density at radius 2 is 2.00 bits per heavy atom. The zero-order chi connectivity index (χ0) is 12.1. The fraction of sp³-hybridized carbons (Fsp3) is 0.154. The van der Waals surface area contributed by atoms with Crippen LogP contribution in [0.5, 0.6) is 5.75 Å². The van der Waals surface area contributed by atoms with Crippen LogP contribution in [0.25, 0.3) is 0 Å². The van der Waals surface area contributed by atoms with Crippen LogP contribution in [-0.2, 0) is 0 Å². The number of nitrogens with zero attached hydrogens (tertiary/aromatic N) is 1. The van der Waals surface area contributed by atoms with Gasteiger partial charge in [-0.1, -0.05) is 30.3 Å². The molecule has 1 atom stereocenters. The lowest BCUT2D eigenvalue weighted by molar-refractivity contribution is 0.402. The number of hydrazine groups is 1. The van der Waals surface area contributed by atoms with Crippen molar-refractivity contribution in [1.29, 1.82) is 0 Å². The molecule has 0 aliphatic heterocycles. The van der Waals surface area contributed by atoms with Crippen LogP contribution >= 0.6 is 0 Å². The summed E-state index contributed by atoms with van der Waals surface area (Å²) < 4.78 is 5.29. The maximum atomic E-state index is 5.63. The first-order valence-corrected chi connectivity index (χ1v) is 5.35. The first kappa shape index (κ1) is 11.6. The lowest BCUT2D eigenvalue weighted by Gasteiger charge is -2.18. The number of pyridine rings is 1. The van der Waals surface area contributed by atoms with E-state index in [9.17, 15) is 0 Å². The summed E-state index contributed by atoms with van der Waals surface area (Å²) in [6.07, 6.45) is 3.41. The SMILES string of the molecule is COc1cnccc1C(NN)c1ccccc1. The zero-order valence-electron chi connectivity index (χ0n) is 9.63. The summed E-state index contributed by atoms with van der Waals surface area (Å²) >= 11 is 0. The van der Waals surface area contributed by atoms with Crippen LogP contribution in [0.2, 0.25) is 0 Å². The first-order valence-electron chi connectivity index (χ1n) is 5.35. The van der Waals surface area contributed by atoms with E-state index >= 15 is 0 Å². The van der Waals surface area contributed by atoms with E-state index in [1.54, 1.807) is 19.5 Å². The van der Waals surface area contributed by atoms with Crippen molar-refractivity contribution in [2.45, 2.75) is 6.04 Å². The molecule has 88 valence electrons. The van der Waals surface area contributed by atoms with Crippen LogP contribution in [0.3, 0.4) is 0 Å². The van der Waals surface area contributed by atoms with Crippen molar-refractivity contribution >= 4 is 0 Å². The van der Waals surface area contributed by atoms with Gasteiger partial charge in [-0.15, -0.1) is 0 Å². The topological polar surface area (TPSA) is 60.2 Å². The standard InChI is InChI=1S/C13H15N3O/c1-17-12-9-15-8-7-11(12)13(16-14)10-5-3-2-4-6-10/h2-9,13,16H,14H2,1H3. The quantitative estimate of drug-likeness (QED) is 0.618. The Morgan fingerprint density at radius 1 is 1.24 bits per heavy atom. The number of nitrogens with two attached hydrogens (primary N) is 1. The molecule has 4 nitrogen and oxygen atoms in total. The van der Waals surface area contributed by atoms with Crippen molar-refractivity contribution in [2.75, 3.05) is 7.11 Å². The van der Waals surface area contributed by atoms with Crippen LogP contribution in [0.15, 0.2) is 48.8 Å². The number of hydrogen-bond acceptors (Lipinski definition) is 4. The minimum atomic E-state index is -0.103. The smallest absolute Gasteiger partial charge is 0.142 e. The Morgan fingerprint density at radius 3 is 2.65 bits per heavy atom. The number of methoxy groups -OCH3 is 1. The van der Waals surface area contributed by atoms with Crippen LogP contribution < -0.4 is 16.0 Å². The molecule has 0 radical (unpaired) electrons. The number of hydrogen-bond donors (Lipinski definition) is 2. The molecule has 0 bridgehead atoms. The molecule has 0 aliphatic rings. The second-order valence-electron chi connectivity index (χ2n) is 3.63. The molecule has 0 fully saturated rings. The van der Waals surface area contributed by atoms with E-state index in [0.29, 0.717) is 0 Å². The average Bonchev–Trinajstić information content (AvgIpc) is 2.41. The second kappa shape index (κ2) is 5.43. The highest BCUT2D eigenvalue weighted by atomic mass is 16.5. The highest BCUT2D eigenvalue weighted by Gasteiger charge is 2.16. The fourth-order valence-corrected chi connectivity index (χ4v) is 1.81. The molecule has 1 unspecified atom stereocenters. The van der Waals surface area contributed by atoms with E-state index in [1.807, 2.05) is 36.4 Å². The van der Waals surface area contributed by atoms with E-state index in [0.717, 1.165) is 16.9 Å². The molecule has 3 N–H and O–H groups in total. The van der Waals surface area contributed by atoms with Crippen LogP contribution in [0, 0.1) is 0 Å². The third-order valence-corrected chi connectivity index (χ3v) is 2.65. The lowest BCUT2D eigenvalue weighted by Crippen LogP contribution is -2.29. The predicted octanol–water partition coefficient (Wildman–Crippen LogP) is 1.64. The van der Waals surface area contributed by atoms with E-state index < -0.39 is 0 Å². The monoisotopic (exact) mass is 229 g/mol. The van der Waals surface area contributed by atoms with Gasteiger partial charge in [0, 0.05) is 11.8 Å². The van der Waals surface area contributed by atoms with Gasteiger partial charge in [-0.2, -0.15) is 0 Å². The van der Waals surface area contributed by atoms with Crippen molar-refractivity contribution in [2.24, 2.45) is 5.84 Å². The number of rotatable bonds is 4. The Kier molecular flexibility index (Phi) is 3.69. The van der Waals surface area contributed by atoms with Gasteiger partial charge in [-0.3, -0.25) is 10.8 Å². The van der Waals surface area contributed by atoms with Gasteiger partial charge in [0.15, 0.2) is 0 Å². The van der Waals surface area contributed by atoms with Gasteiger partial charge in [0.2, 0.25) is 0 Å². The Labute approximate surface area is 100 Å². The third kappa shape index (κ3) is 2.43. The van der Waals surface area contributed by atoms with Crippen molar-refractivity contribution in [3.63, 3.8) is 0 Å². The number of nitrogens with one attached hydrogen (secondary N) is 1. The second-order valence-corrected chi connectivity index (χ2v) is 3.63. The lowest BCUT2D eigenvalue weighted by atomic mass is 10.00. The molecular formula is C13H15N3O. The van der Waals surface area contributed by atoms with Gasteiger partial charge in [0.05, 0.1) is 19.3 Å². The van der Waals surface area contributed by atoms with Crippen molar-refractivity contribution in [3.05, 3.63) is 59.9 Å². The van der Waals surface area contributed by atoms with E-state index in [1.165, 1.54) is 0 Å². The Balaban J connectivity index is 2.42. The third-order valence-electron chi connectivity index (χ3n) is 2.65. The summed E-state index contributed by atoms with van der Waals surface area (Å²) in [6.45, 7) is 0. The summed E-state index contributed by atoms with van der Waals surface area (Å²) in [5.74, 6) is 6.36. The molecule has 2 rings (SSSR count). The average molecular weight is 229 g/mol. The Bertz CT molecular complexity index is 473. The van der Waals surface area contributed by atoms with Gasteiger partial charge >= 0.3 is 0 Å². The van der Waals surface area contributed by atoms with Gasteiger partial charge < -0.3 is 4.74 Å². The highest BCUT2D eigenvalue weighted by molar-refractivity contribution is 5.39. The maximum absolute atomic E-state index is 5.63. The molecule has 17 heavy (non-hydrogen) atoms. The molecule has 1 aromatic carbocycles. The van der Waals surface area contributed by atoms with E-state index in [-0.39, 0.29) is 6.04 Å². The molecule has 0 saturated heterocycles. The fourth-order valence-electron chi connectivity index (χ4n) is 1.81. The molecule has 1 aromatic heterocycles. The summed E-state index contributed by atoms with van der Waals surface area (Å²) in [5, 5.41) is 0. The minimum Gasteiger partial charge on any atom is -0.495 e. The maximum Gasteiger partial charge on any atom is 0.142 e. The minimum absolute atomic E-state index is 0.103. The van der Waals surface area contributed by atoms with Crippen molar-refractivity contribution < 1.29 is 4.74 Å². The largest absolute Gasteiger partial charge is 0.495 e. The zero-order valence-corrected chi connectivity index (χ0v) is 9.63. The summed E-state index contributed by atoms with van der Waals surface area (Å²) in [5.41, 5.74) is 4.85. The van der Waals surface area contributed by atoms with Crippen LogP contribution in [0.1, 0.15) is 17.2 Å². The number of benzene rings is 1. The molecule has 2 aromatic rings. The van der Waals surface area contributed by atoms with E-state index in [4.69, 9.17) is 10.6 Å². The molecule has 4 heteroatoms. The molecule has 0 amide bonds. The van der Waals surface area contributed by atoms with Crippen molar-refractivity contribution in [1.82, 2.24) is 10.4 Å². The molecule has 0 saturated carbocycles. The normalized spacial score (nSPS) is 12.1. The van der Waals surface area contributed by atoms with Gasteiger partial charge in [-0.05, 0) is 11.6 Å². The van der Waals surface area contributed by atoms with E-state index in [2.05, 4.69) is 10.4 Å². The Hall–Kier alpha value is -1.91. The molecular weight excluding hydrogens is 214 g/mol. The van der Waals surface area contributed by atoms with Gasteiger partial charge in [-0.25, -0.2) is 5.43 Å². The van der Waals surface area contributed by atoms with Gasteiger partial charge in [0.25, 0.3) is 0 Å². The summed E-state index contributed by atoms with van der Waals surface area (Å²) in [4.78, 5) is 4.03. The van der Waals surface area contributed by atoms with Crippen LogP contribution in [0.4, 0.5) is 0 Å². The van der Waals surface area contributed by atoms with Gasteiger partial charge in [0.1, 0.15) is 5.75 Å². The highest BCUT2D eigenvalue weighted by Crippen LogP contribution is 2.28. The number of ether oxygens (including phenoxy) is 1. The molecule has 0 aliphatic carbocycles. The van der Waals surface area contributed by atoms with Crippen molar-refractivity contribution in [3.8, 4) is 5.75 Å². The predicted molar refractivity (Wildman–Crippen MR) is 66.4 cm³/mol. The molecule has 0 spiro atoms. The summed E-state index contributed by atoms with van der Waals surface area (Å²) in [7, 11) is 1.62. The first-order chi connectivity index (χ1) is 8.36.